The highest BCUT2D eigenvalue weighted by molar-refractivity contribution is 5.79. The van der Waals surface area contributed by atoms with E-state index in [1.54, 1.807) is 14.2 Å². The van der Waals surface area contributed by atoms with Crippen LogP contribution in [0.3, 0.4) is 0 Å². The molecule has 1 aromatic carbocycles. The van der Waals surface area contributed by atoms with E-state index in [4.69, 9.17) is 4.74 Å². The highest BCUT2D eigenvalue weighted by atomic mass is 16.5. The zero-order chi connectivity index (χ0) is 24.9. The minimum absolute atomic E-state index is 0.0420. The molecule has 10 nitrogen and oxygen atoms in total. The predicted molar refractivity (Wildman–Crippen MR) is 137 cm³/mol. The van der Waals surface area contributed by atoms with E-state index in [0.717, 1.165) is 62.4 Å². The summed E-state index contributed by atoms with van der Waals surface area (Å²) in [6, 6.07) is 9.63. The van der Waals surface area contributed by atoms with Gasteiger partial charge in [0.2, 0.25) is 5.91 Å². The van der Waals surface area contributed by atoms with E-state index in [9.17, 15) is 14.4 Å². The predicted octanol–water partition coefficient (Wildman–Crippen LogP) is 0.247. The molecular weight excluding hydrogens is 448 g/mol. The molecule has 2 fully saturated rings. The van der Waals surface area contributed by atoms with Crippen LogP contribution in [0.4, 0.5) is 11.5 Å². The first-order chi connectivity index (χ1) is 16.9. The van der Waals surface area contributed by atoms with Crippen molar-refractivity contribution in [1.82, 2.24) is 19.4 Å². The number of carbonyl (C=O) groups excluding carboxylic acids is 1. The maximum atomic E-state index is 12.9. The lowest BCUT2D eigenvalue weighted by atomic mass is 9.97. The van der Waals surface area contributed by atoms with Gasteiger partial charge in [0.05, 0.1) is 13.0 Å². The van der Waals surface area contributed by atoms with Gasteiger partial charge in [-0.25, -0.2) is 4.79 Å². The number of aromatic nitrogens is 2. The number of ether oxygens (including phenoxy) is 1. The molecule has 190 valence electrons. The minimum Gasteiger partial charge on any atom is -0.497 e. The van der Waals surface area contributed by atoms with Crippen molar-refractivity contribution in [2.45, 2.75) is 12.8 Å². The molecular formula is C25H36N6O4. The highest BCUT2D eigenvalue weighted by Crippen LogP contribution is 2.22. The van der Waals surface area contributed by atoms with Crippen LogP contribution in [0, 0.1) is 5.92 Å². The zero-order valence-corrected chi connectivity index (χ0v) is 20.9. The number of amides is 1. The molecule has 10 heteroatoms. The normalized spacial score (nSPS) is 19.0. The third kappa shape index (κ3) is 5.70. The largest absolute Gasteiger partial charge is 0.497 e. The summed E-state index contributed by atoms with van der Waals surface area (Å²) < 4.78 is 7.81. The summed E-state index contributed by atoms with van der Waals surface area (Å²) >= 11 is 0. The Morgan fingerprint density at radius 3 is 2.40 bits per heavy atom. The summed E-state index contributed by atoms with van der Waals surface area (Å²) in [6.45, 7) is 6.48. The van der Waals surface area contributed by atoms with Gasteiger partial charge in [-0.1, -0.05) is 0 Å². The van der Waals surface area contributed by atoms with Gasteiger partial charge < -0.3 is 19.9 Å². The Morgan fingerprint density at radius 1 is 1.00 bits per heavy atom. The molecule has 2 saturated heterocycles. The number of methoxy groups -OCH3 is 1. The maximum absolute atomic E-state index is 12.9. The average Bonchev–Trinajstić information content (AvgIpc) is 2.90. The van der Waals surface area contributed by atoms with Crippen molar-refractivity contribution in [3.63, 3.8) is 0 Å². The lowest BCUT2D eigenvalue weighted by molar-refractivity contribution is -0.125. The Morgan fingerprint density at radius 2 is 1.71 bits per heavy atom. The summed E-state index contributed by atoms with van der Waals surface area (Å²) in [5.74, 6) is 1.32. The summed E-state index contributed by atoms with van der Waals surface area (Å²) in [5.41, 5.74) is 0.516. The topological polar surface area (TPSA) is 92.1 Å². The summed E-state index contributed by atoms with van der Waals surface area (Å²) in [5, 5.41) is 3.10. The summed E-state index contributed by atoms with van der Waals surface area (Å²) in [6.07, 6.45) is 1.65. The molecule has 1 aromatic heterocycles. The number of nitrogens with zero attached hydrogens (tertiary/aromatic N) is 5. The molecule has 0 saturated carbocycles. The van der Waals surface area contributed by atoms with Gasteiger partial charge >= 0.3 is 5.69 Å². The lowest BCUT2D eigenvalue weighted by Crippen LogP contribution is -2.50. The number of nitrogens with one attached hydrogen (secondary N) is 1. The van der Waals surface area contributed by atoms with Gasteiger partial charge in [-0.15, -0.1) is 0 Å². The number of hydrogen-bond acceptors (Lipinski definition) is 7. The van der Waals surface area contributed by atoms with E-state index in [1.165, 1.54) is 23.4 Å². The van der Waals surface area contributed by atoms with Crippen molar-refractivity contribution in [3.8, 4) is 5.75 Å². The molecule has 1 N–H and O–H groups in total. The first-order valence-corrected chi connectivity index (χ1v) is 12.3. The molecule has 1 amide bonds. The Kier molecular flexibility index (Phi) is 7.80. The number of piperidine rings is 1. The third-order valence-electron chi connectivity index (χ3n) is 7.15. The molecule has 0 spiro atoms. The van der Waals surface area contributed by atoms with Crippen LogP contribution in [0.1, 0.15) is 12.8 Å². The van der Waals surface area contributed by atoms with Crippen LogP contribution >= 0.6 is 0 Å². The van der Waals surface area contributed by atoms with Crippen LogP contribution in [0.25, 0.3) is 0 Å². The number of piperazine rings is 1. The van der Waals surface area contributed by atoms with Gasteiger partial charge in [0, 0.05) is 78.2 Å². The first-order valence-electron chi connectivity index (χ1n) is 12.3. The van der Waals surface area contributed by atoms with Crippen LogP contribution in [0.15, 0.2) is 39.9 Å². The van der Waals surface area contributed by atoms with Gasteiger partial charge in [-0.05, 0) is 37.1 Å². The SMILES string of the molecule is COc1ccc(N2CCN(CCNC(=O)C3CCCN(c4cc(=O)n(C)c(=O)n4C)C3)CC2)cc1. The average molecular weight is 485 g/mol. The van der Waals surface area contributed by atoms with Crippen LogP contribution in [-0.2, 0) is 18.9 Å². The molecule has 2 aromatic rings. The molecule has 1 unspecified atom stereocenters. The van der Waals surface area contributed by atoms with Crippen molar-refractivity contribution in [3.05, 3.63) is 51.2 Å². The number of rotatable bonds is 7. The van der Waals surface area contributed by atoms with Crippen molar-refractivity contribution in [1.29, 1.82) is 0 Å². The monoisotopic (exact) mass is 484 g/mol. The quantitative estimate of drug-likeness (QED) is 0.602. The molecule has 1 atom stereocenters. The Bertz CT molecular complexity index is 1130. The van der Waals surface area contributed by atoms with Gasteiger partial charge in [-0.2, -0.15) is 0 Å². The highest BCUT2D eigenvalue weighted by Gasteiger charge is 2.27. The van der Waals surface area contributed by atoms with Gasteiger partial charge in [-0.3, -0.25) is 23.6 Å². The van der Waals surface area contributed by atoms with E-state index in [2.05, 4.69) is 27.2 Å². The molecule has 2 aliphatic rings. The lowest BCUT2D eigenvalue weighted by Gasteiger charge is -2.36. The molecule has 3 heterocycles. The second-order valence-electron chi connectivity index (χ2n) is 9.34. The second-order valence-corrected chi connectivity index (χ2v) is 9.34. The maximum Gasteiger partial charge on any atom is 0.332 e. The van der Waals surface area contributed by atoms with Crippen molar-refractivity contribution in [2.75, 3.05) is 69.3 Å². The fourth-order valence-electron chi connectivity index (χ4n) is 4.93. The van der Waals surface area contributed by atoms with Crippen LogP contribution in [0.5, 0.6) is 5.75 Å². The molecule has 4 rings (SSSR count). The van der Waals surface area contributed by atoms with Gasteiger partial charge in [0.25, 0.3) is 5.56 Å². The molecule has 0 bridgehead atoms. The third-order valence-corrected chi connectivity index (χ3v) is 7.15. The molecule has 35 heavy (non-hydrogen) atoms. The Hall–Kier alpha value is -3.27. The van der Waals surface area contributed by atoms with E-state index < -0.39 is 0 Å². The second kappa shape index (κ2) is 11.0. The standard InChI is InChI=1S/C25H36N6O4/c1-27-22(17-23(32)28(2)25(27)34)31-11-4-5-19(18-31)24(33)26-10-12-29-13-15-30(16-14-29)20-6-8-21(35-3)9-7-20/h6-9,17,19H,4-5,10-16,18H2,1-3H3,(H,26,33). The smallest absolute Gasteiger partial charge is 0.332 e. The van der Waals surface area contributed by atoms with Crippen LogP contribution < -0.4 is 31.1 Å². The van der Waals surface area contributed by atoms with Crippen LogP contribution in [-0.4, -0.2) is 79.4 Å². The van der Waals surface area contributed by atoms with Crippen molar-refractivity contribution >= 4 is 17.4 Å². The van der Waals surface area contributed by atoms with E-state index in [-0.39, 0.29) is 23.1 Å². The van der Waals surface area contributed by atoms with Crippen molar-refractivity contribution < 1.29 is 9.53 Å². The number of benzene rings is 1. The molecule has 0 radical (unpaired) electrons. The summed E-state index contributed by atoms with van der Waals surface area (Å²) in [7, 11) is 4.81. The molecule has 0 aliphatic carbocycles. The van der Waals surface area contributed by atoms with Crippen LogP contribution in [0.2, 0.25) is 0 Å². The number of hydrogen-bond donors (Lipinski definition) is 1. The van der Waals surface area contributed by atoms with E-state index in [1.807, 2.05) is 17.0 Å². The summed E-state index contributed by atoms with van der Waals surface area (Å²) in [4.78, 5) is 44.0. The van der Waals surface area contributed by atoms with Gasteiger partial charge in [0.15, 0.2) is 0 Å². The zero-order valence-electron chi connectivity index (χ0n) is 20.9. The Balaban J connectivity index is 1.23. The first kappa shape index (κ1) is 24.8. The molecule has 2 aliphatic heterocycles. The Labute approximate surface area is 205 Å². The van der Waals surface area contributed by atoms with Crippen molar-refractivity contribution in [2.24, 2.45) is 20.0 Å². The fraction of sp³-hybridized carbons (Fsp3) is 0.560. The van der Waals surface area contributed by atoms with E-state index in [0.29, 0.717) is 18.9 Å². The number of carbonyl (C=O) groups is 1. The van der Waals surface area contributed by atoms with Gasteiger partial charge in [0.1, 0.15) is 11.6 Å². The minimum atomic E-state index is -0.355. The van der Waals surface area contributed by atoms with E-state index >= 15 is 0 Å². The number of anilines is 2. The fourth-order valence-corrected chi connectivity index (χ4v) is 4.93.